The summed E-state index contributed by atoms with van der Waals surface area (Å²) in [5.41, 5.74) is 1.69. The van der Waals surface area contributed by atoms with E-state index in [9.17, 15) is 9.18 Å². The Morgan fingerprint density at radius 2 is 1.96 bits per heavy atom. The van der Waals surface area contributed by atoms with Crippen molar-refractivity contribution in [2.45, 2.75) is 20.5 Å². The number of rotatable bonds is 4. The van der Waals surface area contributed by atoms with Crippen molar-refractivity contribution >= 4 is 29.2 Å². The molecule has 0 amide bonds. The molecule has 0 saturated heterocycles. The predicted molar refractivity (Wildman–Crippen MR) is 96.4 cm³/mol. The molecule has 8 heteroatoms. The Hall–Kier alpha value is -2.44. The van der Waals surface area contributed by atoms with E-state index in [1.807, 2.05) is 19.9 Å². The van der Waals surface area contributed by atoms with Crippen molar-refractivity contribution in [2.75, 3.05) is 0 Å². The van der Waals surface area contributed by atoms with Crippen LogP contribution in [0.15, 0.2) is 36.4 Å². The third-order valence-electron chi connectivity index (χ3n) is 3.66. The summed E-state index contributed by atoms with van der Waals surface area (Å²) < 4.78 is 20.5. The zero-order valence-electron chi connectivity index (χ0n) is 14.0. The predicted octanol–water partition coefficient (Wildman–Crippen LogP) is 4.69. The first-order valence-electron chi connectivity index (χ1n) is 7.67. The summed E-state index contributed by atoms with van der Waals surface area (Å²) in [6, 6.07) is 9.29. The van der Waals surface area contributed by atoms with Crippen LogP contribution in [0.1, 0.15) is 27.4 Å². The van der Waals surface area contributed by atoms with Gasteiger partial charge in [0.1, 0.15) is 12.4 Å². The molecule has 0 radical (unpaired) electrons. The second kappa shape index (κ2) is 7.43. The molecule has 0 aliphatic rings. The standard InChI is InChI=1S/C18H14Cl2FN3O2/c1-10-8-11(2)24(23-10)16-7-6-14(20)17(22-16)18(25)26-9-12-13(19)4-3-5-15(12)21/h3-8H,9H2,1-2H3. The Balaban J connectivity index is 1.85. The number of nitrogens with zero attached hydrogens (tertiary/aromatic N) is 3. The fourth-order valence-electron chi connectivity index (χ4n) is 2.43. The van der Waals surface area contributed by atoms with E-state index in [0.717, 1.165) is 11.4 Å². The first-order valence-corrected chi connectivity index (χ1v) is 8.42. The fourth-order valence-corrected chi connectivity index (χ4v) is 2.83. The topological polar surface area (TPSA) is 57.0 Å². The average molecular weight is 394 g/mol. The molecule has 0 N–H and O–H groups in total. The lowest BCUT2D eigenvalue weighted by Crippen LogP contribution is -2.12. The number of carbonyl (C=O) groups excluding carboxylic acids is 1. The van der Waals surface area contributed by atoms with Crippen molar-refractivity contribution in [3.63, 3.8) is 0 Å². The van der Waals surface area contributed by atoms with Crippen LogP contribution in [0.2, 0.25) is 10.0 Å². The maximum Gasteiger partial charge on any atom is 0.358 e. The Labute approximate surface area is 159 Å². The molecule has 1 aromatic carbocycles. The normalized spacial score (nSPS) is 10.8. The molecule has 5 nitrogen and oxygen atoms in total. The molecule has 0 saturated carbocycles. The van der Waals surface area contributed by atoms with Crippen LogP contribution in [0.4, 0.5) is 4.39 Å². The first kappa shape index (κ1) is 18.4. The smallest absolute Gasteiger partial charge is 0.358 e. The molecule has 2 heterocycles. The van der Waals surface area contributed by atoms with Crippen LogP contribution in [-0.4, -0.2) is 20.7 Å². The zero-order chi connectivity index (χ0) is 18.8. The minimum absolute atomic E-state index is 0.0795. The Bertz CT molecular complexity index is 968. The van der Waals surface area contributed by atoms with Gasteiger partial charge in [-0.05, 0) is 44.2 Å². The summed E-state index contributed by atoms with van der Waals surface area (Å²) >= 11 is 12.0. The fraction of sp³-hybridized carbons (Fsp3) is 0.167. The van der Waals surface area contributed by atoms with Crippen molar-refractivity contribution in [3.05, 3.63) is 74.9 Å². The van der Waals surface area contributed by atoms with Crippen LogP contribution < -0.4 is 0 Å². The average Bonchev–Trinajstić information content (AvgIpc) is 2.93. The highest BCUT2D eigenvalue weighted by molar-refractivity contribution is 6.33. The number of carbonyl (C=O) groups is 1. The van der Waals surface area contributed by atoms with Crippen molar-refractivity contribution in [2.24, 2.45) is 0 Å². The van der Waals surface area contributed by atoms with E-state index >= 15 is 0 Å². The van der Waals surface area contributed by atoms with Gasteiger partial charge >= 0.3 is 5.97 Å². The monoisotopic (exact) mass is 393 g/mol. The van der Waals surface area contributed by atoms with E-state index in [1.54, 1.807) is 10.7 Å². The maximum atomic E-state index is 13.8. The van der Waals surface area contributed by atoms with Crippen LogP contribution in [0.25, 0.3) is 5.82 Å². The van der Waals surface area contributed by atoms with Gasteiger partial charge < -0.3 is 4.74 Å². The number of hydrogen-bond donors (Lipinski definition) is 0. The summed E-state index contributed by atoms with van der Waals surface area (Å²) in [5, 5.41) is 4.62. The molecule has 26 heavy (non-hydrogen) atoms. The van der Waals surface area contributed by atoms with Crippen molar-refractivity contribution < 1.29 is 13.9 Å². The molecular formula is C18H14Cl2FN3O2. The number of aryl methyl sites for hydroxylation is 2. The Morgan fingerprint density at radius 3 is 2.62 bits per heavy atom. The zero-order valence-corrected chi connectivity index (χ0v) is 15.5. The number of benzene rings is 1. The van der Waals surface area contributed by atoms with Crippen LogP contribution in [0, 0.1) is 19.7 Å². The number of hydrogen-bond acceptors (Lipinski definition) is 4. The lowest BCUT2D eigenvalue weighted by Gasteiger charge is -2.10. The molecule has 0 spiro atoms. The summed E-state index contributed by atoms with van der Waals surface area (Å²) in [4.78, 5) is 16.6. The Kier molecular flexibility index (Phi) is 5.25. The van der Waals surface area contributed by atoms with Crippen LogP contribution >= 0.6 is 23.2 Å². The summed E-state index contributed by atoms with van der Waals surface area (Å²) in [7, 11) is 0. The second-order valence-electron chi connectivity index (χ2n) is 5.62. The number of esters is 1. The van der Waals surface area contributed by atoms with Gasteiger partial charge in [0.05, 0.1) is 15.7 Å². The van der Waals surface area contributed by atoms with E-state index in [1.165, 1.54) is 24.3 Å². The summed E-state index contributed by atoms with van der Waals surface area (Å²) in [6.45, 7) is 3.40. The number of halogens is 3. The molecule has 0 atom stereocenters. The van der Waals surface area contributed by atoms with Gasteiger partial charge in [0.25, 0.3) is 0 Å². The van der Waals surface area contributed by atoms with Gasteiger partial charge in [-0.2, -0.15) is 5.10 Å². The van der Waals surface area contributed by atoms with E-state index in [-0.39, 0.29) is 27.9 Å². The third kappa shape index (κ3) is 3.71. The van der Waals surface area contributed by atoms with E-state index in [0.29, 0.717) is 5.82 Å². The van der Waals surface area contributed by atoms with Gasteiger partial charge in [-0.25, -0.2) is 18.9 Å². The first-order chi connectivity index (χ1) is 12.4. The number of aromatic nitrogens is 3. The Morgan fingerprint density at radius 1 is 1.19 bits per heavy atom. The summed E-state index contributed by atoms with van der Waals surface area (Å²) in [6.07, 6.45) is 0. The quantitative estimate of drug-likeness (QED) is 0.603. The largest absolute Gasteiger partial charge is 0.456 e. The van der Waals surface area contributed by atoms with Gasteiger partial charge in [0.2, 0.25) is 0 Å². The molecule has 3 rings (SSSR count). The van der Waals surface area contributed by atoms with Crippen molar-refractivity contribution in [3.8, 4) is 5.82 Å². The van der Waals surface area contributed by atoms with Crippen LogP contribution in [0.5, 0.6) is 0 Å². The molecule has 0 aliphatic carbocycles. The number of ether oxygens (including phenoxy) is 1. The minimum atomic E-state index is -0.780. The molecule has 2 aromatic heterocycles. The van der Waals surface area contributed by atoms with Gasteiger partial charge in [-0.1, -0.05) is 29.3 Å². The van der Waals surface area contributed by atoms with Crippen LogP contribution in [0.3, 0.4) is 0 Å². The van der Waals surface area contributed by atoms with Gasteiger partial charge in [-0.15, -0.1) is 0 Å². The molecular weight excluding hydrogens is 380 g/mol. The molecule has 0 unspecified atom stereocenters. The third-order valence-corrected chi connectivity index (χ3v) is 4.32. The van der Waals surface area contributed by atoms with Crippen LogP contribution in [-0.2, 0) is 11.3 Å². The highest BCUT2D eigenvalue weighted by atomic mass is 35.5. The molecule has 134 valence electrons. The summed E-state index contributed by atoms with van der Waals surface area (Å²) in [5.74, 6) is -0.908. The van der Waals surface area contributed by atoms with Gasteiger partial charge in [-0.3, -0.25) is 0 Å². The van der Waals surface area contributed by atoms with Crippen molar-refractivity contribution in [1.29, 1.82) is 0 Å². The highest BCUT2D eigenvalue weighted by Crippen LogP contribution is 2.22. The lowest BCUT2D eigenvalue weighted by molar-refractivity contribution is 0.0462. The SMILES string of the molecule is Cc1cc(C)n(-c2ccc(Cl)c(C(=O)OCc3c(F)cccc3Cl)n2)n1. The van der Waals surface area contributed by atoms with Crippen molar-refractivity contribution in [1.82, 2.24) is 14.8 Å². The minimum Gasteiger partial charge on any atom is -0.456 e. The maximum absolute atomic E-state index is 13.8. The molecule has 3 aromatic rings. The van der Waals surface area contributed by atoms with Gasteiger partial charge in [0.15, 0.2) is 11.5 Å². The molecule has 0 aliphatic heterocycles. The highest BCUT2D eigenvalue weighted by Gasteiger charge is 2.18. The van der Waals surface area contributed by atoms with E-state index < -0.39 is 11.8 Å². The van der Waals surface area contributed by atoms with E-state index in [4.69, 9.17) is 27.9 Å². The number of pyridine rings is 1. The molecule has 0 fully saturated rings. The molecule has 0 bridgehead atoms. The van der Waals surface area contributed by atoms with E-state index in [2.05, 4.69) is 10.1 Å². The van der Waals surface area contributed by atoms with Gasteiger partial charge in [0, 0.05) is 11.3 Å². The lowest BCUT2D eigenvalue weighted by atomic mass is 10.2. The second-order valence-corrected chi connectivity index (χ2v) is 6.43.